The minimum absolute atomic E-state index is 0.113. The smallest absolute Gasteiger partial charge is 0.251 e. The summed E-state index contributed by atoms with van der Waals surface area (Å²) in [6.45, 7) is 0.424. The molecule has 3 rings (SSSR count). The van der Waals surface area contributed by atoms with Gasteiger partial charge in [-0.2, -0.15) is 0 Å². The lowest BCUT2D eigenvalue weighted by Crippen LogP contribution is -2.25. The van der Waals surface area contributed by atoms with Gasteiger partial charge in [0.1, 0.15) is 0 Å². The number of rotatable bonds is 7. The zero-order valence-electron chi connectivity index (χ0n) is 13.7. The third-order valence-electron chi connectivity index (χ3n) is 3.50. The Morgan fingerprint density at radius 2 is 1.92 bits per heavy atom. The molecule has 2 amide bonds. The molecule has 2 aromatic heterocycles. The van der Waals surface area contributed by atoms with Crippen LogP contribution in [0.5, 0.6) is 0 Å². The second-order valence-corrected chi connectivity index (χ2v) is 7.67. The lowest BCUT2D eigenvalue weighted by Gasteiger charge is -2.05. The summed E-state index contributed by atoms with van der Waals surface area (Å²) < 4.78 is 0. The van der Waals surface area contributed by atoms with Crippen LogP contribution in [0, 0.1) is 0 Å². The average molecular weight is 406 g/mol. The Labute approximate surface area is 164 Å². The van der Waals surface area contributed by atoms with E-state index in [2.05, 4.69) is 15.6 Å². The Morgan fingerprint density at radius 1 is 1.12 bits per heavy atom. The first-order valence-corrected chi connectivity index (χ1v) is 10.1. The minimum atomic E-state index is -0.178. The number of hydrogen-bond acceptors (Lipinski definition) is 5. The van der Waals surface area contributed by atoms with Gasteiger partial charge in [0, 0.05) is 28.9 Å². The molecule has 0 radical (unpaired) electrons. The summed E-state index contributed by atoms with van der Waals surface area (Å²) in [7, 11) is 0. The second-order valence-electron chi connectivity index (χ2n) is 5.43. The molecule has 3 aromatic rings. The van der Waals surface area contributed by atoms with E-state index >= 15 is 0 Å². The van der Waals surface area contributed by atoms with Crippen molar-refractivity contribution in [1.29, 1.82) is 0 Å². The topological polar surface area (TPSA) is 71.1 Å². The molecule has 2 heterocycles. The first-order chi connectivity index (χ1) is 12.6. The third kappa shape index (κ3) is 5.14. The highest BCUT2D eigenvalue weighted by molar-refractivity contribution is 7.16. The molecule has 26 heavy (non-hydrogen) atoms. The second kappa shape index (κ2) is 8.93. The van der Waals surface area contributed by atoms with Crippen LogP contribution in [0.1, 0.15) is 23.2 Å². The van der Waals surface area contributed by atoms with Crippen LogP contribution in [0.3, 0.4) is 0 Å². The lowest BCUT2D eigenvalue weighted by molar-refractivity contribution is -0.116. The van der Waals surface area contributed by atoms with E-state index in [-0.39, 0.29) is 11.8 Å². The van der Waals surface area contributed by atoms with Crippen molar-refractivity contribution in [2.45, 2.75) is 12.8 Å². The number of aromatic nitrogens is 1. The van der Waals surface area contributed by atoms with Crippen LogP contribution in [-0.2, 0) is 4.79 Å². The largest absolute Gasteiger partial charge is 0.352 e. The number of nitrogens with one attached hydrogen (secondary N) is 2. The summed E-state index contributed by atoms with van der Waals surface area (Å²) in [5, 5.41) is 10.7. The molecule has 0 atom stereocenters. The molecule has 0 spiro atoms. The highest BCUT2D eigenvalue weighted by Gasteiger charge is 2.09. The van der Waals surface area contributed by atoms with Crippen LogP contribution in [0.25, 0.3) is 10.6 Å². The van der Waals surface area contributed by atoms with Crippen molar-refractivity contribution in [3.63, 3.8) is 0 Å². The molecule has 2 N–H and O–H groups in total. The Balaban J connectivity index is 1.39. The number of amides is 2. The summed E-state index contributed by atoms with van der Waals surface area (Å²) in [5.74, 6) is -0.291. The predicted molar refractivity (Wildman–Crippen MR) is 107 cm³/mol. The van der Waals surface area contributed by atoms with Crippen LogP contribution in [0.15, 0.2) is 47.2 Å². The van der Waals surface area contributed by atoms with E-state index in [1.807, 2.05) is 22.9 Å². The molecule has 0 aliphatic rings. The normalized spacial score (nSPS) is 10.5. The van der Waals surface area contributed by atoms with Crippen LogP contribution in [0.2, 0.25) is 5.02 Å². The van der Waals surface area contributed by atoms with E-state index < -0.39 is 0 Å². The molecule has 0 bridgehead atoms. The quantitative estimate of drug-likeness (QED) is 0.561. The molecule has 0 aliphatic carbocycles. The van der Waals surface area contributed by atoms with Crippen molar-refractivity contribution < 1.29 is 9.59 Å². The standard InChI is InChI=1S/C18H16ClN3O2S2/c19-13-7-5-12(6-8-13)17(24)20-9-1-4-16(23)22-18-21-14(11-26-18)15-3-2-10-25-15/h2-3,5-8,10-11H,1,4,9H2,(H,20,24)(H,21,22,23). The fraction of sp³-hybridized carbons (Fsp3) is 0.167. The van der Waals surface area contributed by atoms with E-state index in [0.29, 0.717) is 35.1 Å². The van der Waals surface area contributed by atoms with Gasteiger partial charge in [0.2, 0.25) is 5.91 Å². The number of benzene rings is 1. The molecular formula is C18H16ClN3O2S2. The van der Waals surface area contributed by atoms with Crippen LogP contribution in [0.4, 0.5) is 5.13 Å². The molecule has 0 unspecified atom stereocenters. The van der Waals surface area contributed by atoms with Gasteiger partial charge in [-0.05, 0) is 42.1 Å². The fourth-order valence-electron chi connectivity index (χ4n) is 2.20. The van der Waals surface area contributed by atoms with Crippen molar-refractivity contribution in [3.05, 3.63) is 57.7 Å². The number of anilines is 1. The van der Waals surface area contributed by atoms with Crippen LogP contribution >= 0.6 is 34.3 Å². The SMILES string of the molecule is O=C(CCCNC(=O)c1ccc(Cl)cc1)Nc1nc(-c2cccs2)cs1. The molecule has 0 fully saturated rings. The summed E-state index contributed by atoms with van der Waals surface area (Å²) >= 11 is 8.81. The number of carbonyl (C=O) groups is 2. The van der Waals surface area contributed by atoms with Gasteiger partial charge in [-0.3, -0.25) is 9.59 Å². The van der Waals surface area contributed by atoms with Gasteiger partial charge in [-0.25, -0.2) is 4.98 Å². The maximum absolute atomic E-state index is 12.0. The predicted octanol–water partition coefficient (Wildman–Crippen LogP) is 4.67. The van der Waals surface area contributed by atoms with Crippen molar-refractivity contribution in [1.82, 2.24) is 10.3 Å². The molecule has 0 saturated carbocycles. The number of thiophene rings is 1. The maximum atomic E-state index is 12.0. The Morgan fingerprint density at radius 3 is 2.65 bits per heavy atom. The van der Waals surface area contributed by atoms with Crippen LogP contribution < -0.4 is 10.6 Å². The fourth-order valence-corrected chi connectivity index (χ4v) is 3.82. The number of nitrogens with zero attached hydrogens (tertiary/aromatic N) is 1. The van der Waals surface area contributed by atoms with Gasteiger partial charge in [0.25, 0.3) is 5.91 Å². The van der Waals surface area contributed by atoms with Crippen molar-refractivity contribution in [2.24, 2.45) is 0 Å². The van der Waals surface area contributed by atoms with Gasteiger partial charge in [0.05, 0.1) is 10.6 Å². The maximum Gasteiger partial charge on any atom is 0.251 e. The first kappa shape index (κ1) is 18.6. The lowest BCUT2D eigenvalue weighted by atomic mass is 10.2. The van der Waals surface area contributed by atoms with E-state index in [1.54, 1.807) is 35.6 Å². The summed E-state index contributed by atoms with van der Waals surface area (Å²) in [5.41, 5.74) is 1.42. The zero-order chi connectivity index (χ0) is 18.4. The van der Waals surface area contributed by atoms with E-state index in [0.717, 1.165) is 10.6 Å². The van der Waals surface area contributed by atoms with E-state index in [1.165, 1.54) is 11.3 Å². The average Bonchev–Trinajstić information content (AvgIpc) is 3.30. The number of thiazole rings is 1. The van der Waals surface area contributed by atoms with Gasteiger partial charge >= 0.3 is 0 Å². The Hall–Kier alpha value is -2.22. The van der Waals surface area contributed by atoms with Gasteiger partial charge in [-0.15, -0.1) is 22.7 Å². The molecule has 0 aliphatic heterocycles. The monoisotopic (exact) mass is 405 g/mol. The molecule has 134 valence electrons. The molecule has 0 saturated heterocycles. The minimum Gasteiger partial charge on any atom is -0.352 e. The highest BCUT2D eigenvalue weighted by Crippen LogP contribution is 2.28. The number of carbonyl (C=O) groups excluding carboxylic acids is 2. The molecule has 1 aromatic carbocycles. The van der Waals surface area contributed by atoms with Crippen LogP contribution in [-0.4, -0.2) is 23.3 Å². The zero-order valence-corrected chi connectivity index (χ0v) is 16.1. The van der Waals surface area contributed by atoms with Crippen molar-refractivity contribution >= 4 is 51.2 Å². The van der Waals surface area contributed by atoms with Gasteiger partial charge < -0.3 is 10.6 Å². The summed E-state index contributed by atoms with van der Waals surface area (Å²) in [6.07, 6.45) is 0.864. The summed E-state index contributed by atoms with van der Waals surface area (Å²) in [6, 6.07) is 10.6. The van der Waals surface area contributed by atoms with Gasteiger partial charge in [0.15, 0.2) is 5.13 Å². The van der Waals surface area contributed by atoms with E-state index in [9.17, 15) is 9.59 Å². The number of hydrogen-bond donors (Lipinski definition) is 2. The number of halogens is 1. The highest BCUT2D eigenvalue weighted by atomic mass is 35.5. The first-order valence-electron chi connectivity index (χ1n) is 7.95. The molecule has 8 heteroatoms. The Kier molecular flexibility index (Phi) is 6.38. The van der Waals surface area contributed by atoms with Gasteiger partial charge in [-0.1, -0.05) is 17.7 Å². The Bertz CT molecular complexity index is 876. The van der Waals surface area contributed by atoms with E-state index in [4.69, 9.17) is 11.6 Å². The summed E-state index contributed by atoms with van der Waals surface area (Å²) in [4.78, 5) is 29.4. The third-order valence-corrected chi connectivity index (χ3v) is 5.40. The molecule has 5 nitrogen and oxygen atoms in total. The van der Waals surface area contributed by atoms with Crippen molar-refractivity contribution in [2.75, 3.05) is 11.9 Å². The molecular weight excluding hydrogens is 390 g/mol. The van der Waals surface area contributed by atoms with Crippen molar-refractivity contribution in [3.8, 4) is 10.6 Å².